The number of carbonyl (C=O) groups is 2. The average molecular weight is 280 g/mol. The predicted octanol–water partition coefficient (Wildman–Crippen LogP) is 2.93. The third-order valence-corrected chi connectivity index (χ3v) is 3.91. The van der Waals surface area contributed by atoms with Crippen LogP contribution in [0.25, 0.3) is 0 Å². The van der Waals surface area contributed by atoms with Gasteiger partial charge < -0.3 is 5.73 Å². The van der Waals surface area contributed by atoms with Gasteiger partial charge in [-0.25, -0.2) is 0 Å². The molecule has 4 heteroatoms. The molecule has 1 unspecified atom stereocenters. The Bertz CT molecular complexity index is 752. The van der Waals surface area contributed by atoms with Crippen LogP contribution in [-0.2, 0) is 0 Å². The lowest BCUT2D eigenvalue weighted by molar-refractivity contribution is 0.0596. The number of imide groups is 1. The molecule has 0 spiro atoms. The van der Waals surface area contributed by atoms with Gasteiger partial charge in [0.1, 0.15) is 0 Å². The second kappa shape index (κ2) is 4.74. The minimum absolute atomic E-state index is 0.255. The first-order chi connectivity index (χ1) is 10.0. The number of hydrogen-bond acceptors (Lipinski definition) is 3. The molecule has 0 radical (unpaired) electrons. The van der Waals surface area contributed by atoms with E-state index in [-0.39, 0.29) is 17.9 Å². The number of carbonyl (C=O) groups excluding carboxylic acids is 2. The van der Waals surface area contributed by atoms with Crippen molar-refractivity contribution in [1.29, 1.82) is 0 Å². The van der Waals surface area contributed by atoms with E-state index < -0.39 is 0 Å². The lowest BCUT2D eigenvalue weighted by Crippen LogP contribution is -2.32. The highest BCUT2D eigenvalue weighted by Gasteiger charge is 2.39. The zero-order valence-corrected chi connectivity index (χ0v) is 12.0. The van der Waals surface area contributed by atoms with Crippen LogP contribution in [-0.4, -0.2) is 16.7 Å². The number of fused-ring (bicyclic) bond motifs is 1. The Hall–Kier alpha value is -2.62. The number of rotatable bonds is 2. The molecule has 1 heterocycles. The van der Waals surface area contributed by atoms with E-state index in [4.69, 9.17) is 5.73 Å². The van der Waals surface area contributed by atoms with Crippen LogP contribution in [0.15, 0.2) is 42.5 Å². The van der Waals surface area contributed by atoms with E-state index in [9.17, 15) is 9.59 Å². The predicted molar refractivity (Wildman–Crippen MR) is 80.9 cm³/mol. The Morgan fingerprint density at radius 1 is 1.00 bits per heavy atom. The number of amides is 2. The maximum Gasteiger partial charge on any atom is 0.262 e. The monoisotopic (exact) mass is 280 g/mol. The van der Waals surface area contributed by atoms with Crippen molar-refractivity contribution in [2.24, 2.45) is 0 Å². The molecular formula is C17H16N2O2. The van der Waals surface area contributed by atoms with Crippen LogP contribution in [0.2, 0.25) is 0 Å². The first-order valence-corrected chi connectivity index (χ1v) is 6.83. The Morgan fingerprint density at radius 2 is 1.67 bits per heavy atom. The summed E-state index contributed by atoms with van der Waals surface area (Å²) in [7, 11) is 0. The molecule has 106 valence electrons. The third-order valence-electron chi connectivity index (χ3n) is 3.91. The molecule has 1 aliphatic rings. The molecule has 1 aliphatic heterocycles. The van der Waals surface area contributed by atoms with Crippen LogP contribution in [0, 0.1) is 6.92 Å². The van der Waals surface area contributed by atoms with Crippen molar-refractivity contribution in [2.45, 2.75) is 19.9 Å². The third kappa shape index (κ3) is 2.00. The number of para-hydroxylation sites is 1. The normalized spacial score (nSPS) is 15.2. The SMILES string of the molecule is Cc1ccc2c(c1)C(=O)N(C(C)c1ccccc1N)C2=O. The molecule has 4 nitrogen and oxygen atoms in total. The van der Waals surface area contributed by atoms with Gasteiger partial charge in [0, 0.05) is 5.69 Å². The molecule has 0 saturated heterocycles. The Morgan fingerprint density at radius 3 is 2.38 bits per heavy atom. The maximum atomic E-state index is 12.5. The highest BCUT2D eigenvalue weighted by Crippen LogP contribution is 2.33. The molecular weight excluding hydrogens is 264 g/mol. The van der Waals surface area contributed by atoms with Crippen LogP contribution in [0.3, 0.4) is 0 Å². The van der Waals surface area contributed by atoms with Crippen LogP contribution in [0.1, 0.15) is 44.8 Å². The van der Waals surface area contributed by atoms with E-state index in [2.05, 4.69) is 0 Å². The zero-order chi connectivity index (χ0) is 15.1. The number of aryl methyl sites for hydroxylation is 1. The van der Waals surface area contributed by atoms with E-state index in [1.807, 2.05) is 38.1 Å². The summed E-state index contributed by atoms with van der Waals surface area (Å²) in [4.78, 5) is 26.3. The maximum absolute atomic E-state index is 12.5. The van der Waals surface area contributed by atoms with E-state index in [1.165, 1.54) is 4.90 Å². The first kappa shape index (κ1) is 13.4. The van der Waals surface area contributed by atoms with Gasteiger partial charge in [0.25, 0.3) is 11.8 Å². The smallest absolute Gasteiger partial charge is 0.262 e. The van der Waals surface area contributed by atoms with E-state index in [0.717, 1.165) is 11.1 Å². The molecule has 0 aromatic heterocycles. The van der Waals surface area contributed by atoms with Gasteiger partial charge in [-0.05, 0) is 37.6 Å². The van der Waals surface area contributed by atoms with Gasteiger partial charge in [-0.1, -0.05) is 29.8 Å². The topological polar surface area (TPSA) is 63.4 Å². The van der Waals surface area contributed by atoms with E-state index >= 15 is 0 Å². The first-order valence-electron chi connectivity index (χ1n) is 6.83. The highest BCUT2D eigenvalue weighted by molar-refractivity contribution is 6.21. The number of nitrogen functional groups attached to an aromatic ring is 1. The fraction of sp³-hybridized carbons (Fsp3) is 0.176. The number of nitrogens with zero attached hydrogens (tertiary/aromatic N) is 1. The zero-order valence-electron chi connectivity index (χ0n) is 12.0. The second-order valence-electron chi connectivity index (χ2n) is 5.33. The molecule has 0 fully saturated rings. The van der Waals surface area contributed by atoms with Gasteiger partial charge in [-0.15, -0.1) is 0 Å². The van der Waals surface area contributed by atoms with Gasteiger partial charge >= 0.3 is 0 Å². The van der Waals surface area contributed by atoms with E-state index in [0.29, 0.717) is 16.8 Å². The lowest BCUT2D eigenvalue weighted by Gasteiger charge is -2.24. The van der Waals surface area contributed by atoms with Crippen molar-refractivity contribution in [3.63, 3.8) is 0 Å². The average Bonchev–Trinajstić information content (AvgIpc) is 2.70. The summed E-state index contributed by atoms with van der Waals surface area (Å²) in [5.74, 6) is -0.514. The minimum Gasteiger partial charge on any atom is -0.398 e. The van der Waals surface area contributed by atoms with Crippen molar-refractivity contribution in [3.05, 3.63) is 64.7 Å². The fourth-order valence-electron chi connectivity index (χ4n) is 2.76. The lowest BCUT2D eigenvalue weighted by atomic mass is 10.1. The molecule has 3 rings (SSSR count). The van der Waals surface area contributed by atoms with Gasteiger partial charge in [-0.2, -0.15) is 0 Å². The number of nitrogens with two attached hydrogens (primary N) is 1. The molecule has 1 atom stereocenters. The highest BCUT2D eigenvalue weighted by atomic mass is 16.2. The minimum atomic E-state index is -0.390. The van der Waals surface area contributed by atoms with Crippen molar-refractivity contribution in [3.8, 4) is 0 Å². The summed E-state index contributed by atoms with van der Waals surface area (Å²) in [5.41, 5.74) is 9.22. The molecule has 2 N–H and O–H groups in total. The van der Waals surface area contributed by atoms with Crippen LogP contribution in [0.5, 0.6) is 0 Å². The van der Waals surface area contributed by atoms with Gasteiger partial charge in [0.2, 0.25) is 0 Å². The van der Waals surface area contributed by atoms with Crippen molar-refractivity contribution in [1.82, 2.24) is 4.90 Å². The molecule has 21 heavy (non-hydrogen) atoms. The molecule has 0 saturated carbocycles. The fourth-order valence-corrected chi connectivity index (χ4v) is 2.76. The summed E-state index contributed by atoms with van der Waals surface area (Å²) >= 11 is 0. The summed E-state index contributed by atoms with van der Waals surface area (Å²) in [6.07, 6.45) is 0. The Labute approximate surface area is 123 Å². The van der Waals surface area contributed by atoms with Gasteiger partial charge in [0.05, 0.1) is 17.2 Å². The molecule has 2 aromatic rings. The van der Waals surface area contributed by atoms with Crippen molar-refractivity contribution < 1.29 is 9.59 Å². The van der Waals surface area contributed by atoms with Crippen molar-refractivity contribution >= 4 is 17.5 Å². The largest absolute Gasteiger partial charge is 0.398 e. The van der Waals surface area contributed by atoms with Crippen LogP contribution >= 0.6 is 0 Å². The van der Waals surface area contributed by atoms with Crippen molar-refractivity contribution in [2.75, 3.05) is 5.73 Å². The Kier molecular flexibility index (Phi) is 3.01. The quantitative estimate of drug-likeness (QED) is 0.679. The number of benzene rings is 2. The molecule has 0 bridgehead atoms. The van der Waals surface area contributed by atoms with E-state index in [1.54, 1.807) is 18.2 Å². The van der Waals surface area contributed by atoms with Crippen LogP contribution in [0.4, 0.5) is 5.69 Å². The van der Waals surface area contributed by atoms with Crippen LogP contribution < -0.4 is 5.73 Å². The summed E-state index contributed by atoms with van der Waals surface area (Å²) < 4.78 is 0. The number of anilines is 1. The molecule has 2 aromatic carbocycles. The number of hydrogen-bond donors (Lipinski definition) is 1. The second-order valence-corrected chi connectivity index (χ2v) is 5.33. The summed E-state index contributed by atoms with van der Waals surface area (Å²) in [6.45, 7) is 3.72. The standard InChI is InChI=1S/C17H16N2O2/c1-10-7-8-13-14(9-10)17(21)19(16(13)20)11(2)12-5-3-4-6-15(12)18/h3-9,11H,18H2,1-2H3. The van der Waals surface area contributed by atoms with Gasteiger partial charge in [-0.3, -0.25) is 14.5 Å². The van der Waals surface area contributed by atoms with Gasteiger partial charge in [0.15, 0.2) is 0 Å². The molecule has 0 aliphatic carbocycles. The molecule has 2 amide bonds. The Balaban J connectivity index is 2.04. The summed E-state index contributed by atoms with van der Waals surface area (Å²) in [5, 5.41) is 0. The summed E-state index contributed by atoms with van der Waals surface area (Å²) in [6, 6.07) is 12.2.